The first-order valence-electron chi connectivity index (χ1n) is 7.28. The van der Waals surface area contributed by atoms with Crippen LogP contribution in [0.25, 0.3) is 0 Å². The van der Waals surface area contributed by atoms with E-state index >= 15 is 0 Å². The lowest BCUT2D eigenvalue weighted by atomic mass is 10.1. The lowest BCUT2D eigenvalue weighted by molar-refractivity contribution is 0.0529. The van der Waals surface area contributed by atoms with Crippen LogP contribution in [0.2, 0.25) is 0 Å². The molecule has 1 aromatic heterocycles. The van der Waals surface area contributed by atoms with Gasteiger partial charge in [-0.25, -0.2) is 4.79 Å². The Bertz CT molecular complexity index is 509. The number of rotatable bonds is 8. The minimum Gasteiger partial charge on any atom is -0.462 e. The van der Waals surface area contributed by atoms with E-state index in [9.17, 15) is 9.59 Å². The van der Waals surface area contributed by atoms with Crippen molar-refractivity contribution in [2.24, 2.45) is 5.92 Å². The third kappa shape index (κ3) is 4.46. The predicted molar refractivity (Wildman–Crippen MR) is 87.3 cm³/mol. The van der Waals surface area contributed by atoms with Gasteiger partial charge in [-0.15, -0.1) is 11.3 Å². The SMILES string of the molecule is CCOC(=O)c1c(NCCC(C)C)sc(C(=O)CC)c1N. The summed E-state index contributed by atoms with van der Waals surface area (Å²) >= 11 is 1.24. The number of ketones is 1. The Morgan fingerprint density at radius 1 is 1.33 bits per heavy atom. The maximum atomic E-state index is 12.1. The van der Waals surface area contributed by atoms with Gasteiger partial charge in [0.1, 0.15) is 10.6 Å². The second-order valence-electron chi connectivity index (χ2n) is 5.16. The van der Waals surface area contributed by atoms with Gasteiger partial charge in [0.2, 0.25) is 0 Å². The molecule has 1 aromatic rings. The van der Waals surface area contributed by atoms with Crippen LogP contribution in [0.15, 0.2) is 0 Å². The summed E-state index contributed by atoms with van der Waals surface area (Å²) in [5, 5.41) is 3.84. The van der Waals surface area contributed by atoms with Crippen LogP contribution in [-0.2, 0) is 4.74 Å². The second-order valence-corrected chi connectivity index (χ2v) is 6.18. The normalized spacial score (nSPS) is 10.7. The molecule has 1 rings (SSSR count). The number of anilines is 2. The van der Waals surface area contributed by atoms with Crippen LogP contribution in [-0.4, -0.2) is 24.9 Å². The van der Waals surface area contributed by atoms with Crippen LogP contribution in [0.1, 0.15) is 60.6 Å². The summed E-state index contributed by atoms with van der Waals surface area (Å²) in [5.74, 6) is 0.0194. The van der Waals surface area contributed by atoms with Crippen molar-refractivity contribution in [2.45, 2.75) is 40.5 Å². The monoisotopic (exact) mass is 312 g/mol. The topological polar surface area (TPSA) is 81.4 Å². The number of carbonyl (C=O) groups excluding carboxylic acids is 2. The molecule has 0 atom stereocenters. The number of esters is 1. The summed E-state index contributed by atoms with van der Waals surface area (Å²) in [4.78, 5) is 24.4. The van der Waals surface area contributed by atoms with E-state index in [-0.39, 0.29) is 18.1 Å². The fraction of sp³-hybridized carbons (Fsp3) is 0.600. The van der Waals surface area contributed by atoms with Crippen LogP contribution in [0.3, 0.4) is 0 Å². The summed E-state index contributed by atoms with van der Waals surface area (Å²) in [5.41, 5.74) is 6.52. The molecule has 0 radical (unpaired) electrons. The predicted octanol–water partition coefficient (Wildman–Crippen LogP) is 3.56. The van der Waals surface area contributed by atoms with Gasteiger partial charge < -0.3 is 15.8 Å². The highest BCUT2D eigenvalue weighted by molar-refractivity contribution is 7.19. The zero-order chi connectivity index (χ0) is 16.0. The minimum atomic E-state index is -0.478. The molecule has 0 aromatic carbocycles. The van der Waals surface area contributed by atoms with Gasteiger partial charge in [0.25, 0.3) is 0 Å². The molecule has 0 aliphatic heterocycles. The molecule has 0 aliphatic carbocycles. The highest BCUT2D eigenvalue weighted by atomic mass is 32.1. The van der Waals surface area contributed by atoms with E-state index in [1.54, 1.807) is 13.8 Å². The Hall–Kier alpha value is -1.56. The highest BCUT2D eigenvalue weighted by Crippen LogP contribution is 2.37. The zero-order valence-electron chi connectivity index (χ0n) is 13.1. The van der Waals surface area contributed by atoms with Crippen LogP contribution in [0, 0.1) is 5.92 Å². The van der Waals surface area contributed by atoms with Crippen molar-refractivity contribution in [2.75, 3.05) is 24.2 Å². The van der Waals surface area contributed by atoms with Gasteiger partial charge in [0.15, 0.2) is 5.78 Å². The Kier molecular flexibility index (Phi) is 6.68. The molecule has 0 bridgehead atoms. The molecule has 3 N–H and O–H groups in total. The van der Waals surface area contributed by atoms with Crippen molar-refractivity contribution >= 4 is 33.8 Å². The smallest absolute Gasteiger partial charge is 0.343 e. The molecule has 6 heteroatoms. The van der Waals surface area contributed by atoms with Gasteiger partial charge in [0, 0.05) is 13.0 Å². The minimum absolute atomic E-state index is 0.0556. The van der Waals surface area contributed by atoms with Crippen LogP contribution in [0.5, 0.6) is 0 Å². The molecule has 5 nitrogen and oxygen atoms in total. The molecular weight excluding hydrogens is 288 g/mol. The highest BCUT2D eigenvalue weighted by Gasteiger charge is 2.25. The largest absolute Gasteiger partial charge is 0.462 e. The summed E-state index contributed by atoms with van der Waals surface area (Å²) in [6.45, 7) is 8.77. The standard InChI is InChI=1S/C15H24N2O3S/c1-5-10(18)13-12(16)11(15(19)20-6-2)14(21-13)17-8-7-9(3)4/h9,17H,5-8,16H2,1-4H3. The Labute approximate surface area is 129 Å². The van der Waals surface area contributed by atoms with Crippen molar-refractivity contribution in [3.8, 4) is 0 Å². The molecule has 0 saturated carbocycles. The van der Waals surface area contributed by atoms with Crippen LogP contribution < -0.4 is 11.1 Å². The van der Waals surface area contributed by atoms with E-state index < -0.39 is 5.97 Å². The van der Waals surface area contributed by atoms with Crippen molar-refractivity contribution in [3.05, 3.63) is 10.4 Å². The Balaban J connectivity index is 3.07. The molecular formula is C15H24N2O3S. The lowest BCUT2D eigenvalue weighted by Gasteiger charge is -2.09. The van der Waals surface area contributed by atoms with Gasteiger partial charge in [0.05, 0.1) is 17.2 Å². The van der Waals surface area contributed by atoms with Gasteiger partial charge in [-0.05, 0) is 19.3 Å². The van der Waals surface area contributed by atoms with E-state index in [1.165, 1.54) is 11.3 Å². The maximum Gasteiger partial charge on any atom is 0.343 e. The van der Waals surface area contributed by atoms with Crippen molar-refractivity contribution < 1.29 is 14.3 Å². The Morgan fingerprint density at radius 3 is 2.52 bits per heavy atom. The number of thiophene rings is 1. The van der Waals surface area contributed by atoms with Crippen molar-refractivity contribution in [1.82, 2.24) is 0 Å². The average molecular weight is 312 g/mol. The summed E-state index contributed by atoms with van der Waals surface area (Å²) in [7, 11) is 0. The fourth-order valence-electron chi connectivity index (χ4n) is 1.82. The van der Waals surface area contributed by atoms with Crippen LogP contribution in [0.4, 0.5) is 10.7 Å². The first kappa shape index (κ1) is 17.5. The van der Waals surface area contributed by atoms with Crippen LogP contribution >= 0.6 is 11.3 Å². The van der Waals surface area contributed by atoms with Gasteiger partial charge in [-0.2, -0.15) is 0 Å². The number of nitrogen functional groups attached to an aromatic ring is 1. The lowest BCUT2D eigenvalue weighted by Crippen LogP contribution is -2.11. The molecule has 1 heterocycles. The summed E-state index contributed by atoms with van der Waals surface area (Å²) in [6.07, 6.45) is 1.33. The van der Waals surface area contributed by atoms with E-state index in [0.717, 1.165) is 13.0 Å². The number of ether oxygens (including phenoxy) is 1. The third-order valence-corrected chi connectivity index (χ3v) is 4.21. The van der Waals surface area contributed by atoms with E-state index in [4.69, 9.17) is 10.5 Å². The summed E-state index contributed by atoms with van der Waals surface area (Å²) < 4.78 is 5.04. The first-order valence-corrected chi connectivity index (χ1v) is 8.10. The number of Topliss-reactive ketones (excluding diaryl/α,β-unsaturated/α-hetero) is 1. The maximum absolute atomic E-state index is 12.1. The third-order valence-electron chi connectivity index (χ3n) is 3.01. The first-order chi connectivity index (χ1) is 9.92. The molecule has 0 fully saturated rings. The number of hydrogen-bond donors (Lipinski definition) is 2. The quantitative estimate of drug-likeness (QED) is 0.566. The number of carbonyl (C=O) groups is 2. The number of nitrogens with two attached hydrogens (primary N) is 1. The molecule has 0 spiro atoms. The molecule has 21 heavy (non-hydrogen) atoms. The van der Waals surface area contributed by atoms with Gasteiger partial charge in [-0.1, -0.05) is 20.8 Å². The second kappa shape index (κ2) is 8.02. The summed E-state index contributed by atoms with van der Waals surface area (Å²) in [6, 6.07) is 0. The zero-order valence-corrected chi connectivity index (χ0v) is 13.9. The Morgan fingerprint density at radius 2 is 2.00 bits per heavy atom. The number of hydrogen-bond acceptors (Lipinski definition) is 6. The van der Waals surface area contributed by atoms with Crippen molar-refractivity contribution in [1.29, 1.82) is 0 Å². The molecule has 0 saturated heterocycles. The average Bonchev–Trinajstić information content (AvgIpc) is 2.75. The van der Waals surface area contributed by atoms with Crippen molar-refractivity contribution in [3.63, 3.8) is 0 Å². The van der Waals surface area contributed by atoms with E-state index in [2.05, 4.69) is 19.2 Å². The molecule has 118 valence electrons. The van der Waals surface area contributed by atoms with Gasteiger partial charge >= 0.3 is 5.97 Å². The van der Waals surface area contributed by atoms with E-state index in [0.29, 0.717) is 27.8 Å². The molecule has 0 aliphatic rings. The fourth-order valence-corrected chi connectivity index (χ4v) is 2.96. The number of nitrogens with one attached hydrogen (secondary N) is 1. The molecule has 0 amide bonds. The van der Waals surface area contributed by atoms with E-state index in [1.807, 2.05) is 0 Å². The van der Waals surface area contributed by atoms with Gasteiger partial charge in [-0.3, -0.25) is 4.79 Å². The molecule has 0 unspecified atom stereocenters.